The number of fused-ring (bicyclic) bond motifs is 1. The van der Waals surface area contributed by atoms with E-state index in [0.717, 1.165) is 37.1 Å². The number of ketones is 1. The van der Waals surface area contributed by atoms with Crippen molar-refractivity contribution in [2.45, 2.75) is 13.0 Å². The molecule has 0 saturated carbocycles. The molecule has 1 N–H and O–H groups in total. The van der Waals surface area contributed by atoms with E-state index in [4.69, 9.17) is 9.47 Å². The minimum absolute atomic E-state index is 0.0651. The normalized spacial score (nSPS) is 16.9. The highest BCUT2D eigenvalue weighted by atomic mass is 16.5. The van der Waals surface area contributed by atoms with Crippen LogP contribution in [0.2, 0.25) is 0 Å². The van der Waals surface area contributed by atoms with E-state index in [-0.39, 0.29) is 11.5 Å². The molecular formula is C21H21NO4. The van der Waals surface area contributed by atoms with Crippen LogP contribution in [0.1, 0.15) is 22.3 Å². The molecule has 0 bridgehead atoms. The molecule has 1 unspecified atom stereocenters. The van der Waals surface area contributed by atoms with Crippen LogP contribution in [0.4, 0.5) is 0 Å². The molecule has 0 radical (unpaired) electrons. The Bertz CT molecular complexity index is 937. The fraction of sp³-hybridized carbons (Fsp3) is 0.286. The van der Waals surface area contributed by atoms with Gasteiger partial charge in [-0.05, 0) is 48.9 Å². The first-order valence-corrected chi connectivity index (χ1v) is 8.74. The van der Waals surface area contributed by atoms with Gasteiger partial charge in [0.05, 0.1) is 13.7 Å². The maximum Gasteiger partial charge on any atom is 0.195 e. The molecule has 0 amide bonds. The summed E-state index contributed by atoms with van der Waals surface area (Å²) in [5.41, 5.74) is 2.14. The van der Waals surface area contributed by atoms with Gasteiger partial charge in [-0.3, -0.25) is 4.79 Å². The van der Waals surface area contributed by atoms with Crippen LogP contribution in [0, 0.1) is 5.92 Å². The Balaban J connectivity index is 1.75. The first-order valence-electron chi connectivity index (χ1n) is 8.74. The number of hydrogen-bond acceptors (Lipinski definition) is 4. The predicted molar refractivity (Wildman–Crippen MR) is 99.0 cm³/mol. The van der Waals surface area contributed by atoms with E-state index >= 15 is 0 Å². The van der Waals surface area contributed by atoms with Gasteiger partial charge in [0.25, 0.3) is 0 Å². The molecule has 5 nitrogen and oxygen atoms in total. The Morgan fingerprint density at radius 1 is 1.27 bits per heavy atom. The van der Waals surface area contributed by atoms with E-state index in [2.05, 4.69) is 4.57 Å². The molecule has 1 aromatic heterocycles. The molecule has 1 fully saturated rings. The maximum atomic E-state index is 13.1. The topological polar surface area (TPSA) is 60.7 Å². The molecule has 1 saturated heterocycles. The average molecular weight is 351 g/mol. The van der Waals surface area contributed by atoms with Crippen LogP contribution >= 0.6 is 0 Å². The van der Waals surface area contributed by atoms with Crippen molar-refractivity contribution >= 4 is 16.7 Å². The fourth-order valence-electron chi connectivity index (χ4n) is 3.52. The number of phenolic OH excluding ortho intramolecular Hbond substituents is 1. The third-order valence-corrected chi connectivity index (χ3v) is 4.94. The molecule has 5 heteroatoms. The number of phenols is 1. The standard InChI is InChI=1S/C21H21NO4/c1-25-17-5-2-15(3-6-17)21(24)19-12-22(11-14-8-9-26-13-14)20-7-4-16(23)10-18(19)20/h2-7,10,12,14,23H,8-9,11,13H2,1H3. The van der Waals surface area contributed by atoms with Crippen LogP contribution in [0.5, 0.6) is 11.5 Å². The summed E-state index contributed by atoms with van der Waals surface area (Å²) in [4.78, 5) is 13.1. The Kier molecular flexibility index (Phi) is 4.39. The Morgan fingerprint density at radius 2 is 2.08 bits per heavy atom. The van der Waals surface area contributed by atoms with E-state index in [1.807, 2.05) is 12.3 Å². The summed E-state index contributed by atoms with van der Waals surface area (Å²) < 4.78 is 12.7. The minimum Gasteiger partial charge on any atom is -0.508 e. The van der Waals surface area contributed by atoms with E-state index in [1.165, 1.54) is 0 Å². The summed E-state index contributed by atoms with van der Waals surface area (Å²) in [6.45, 7) is 2.35. The summed E-state index contributed by atoms with van der Waals surface area (Å²) in [6.07, 6.45) is 2.93. The second kappa shape index (κ2) is 6.84. The van der Waals surface area contributed by atoms with E-state index in [0.29, 0.717) is 22.8 Å². The summed E-state index contributed by atoms with van der Waals surface area (Å²) in [6, 6.07) is 12.3. The maximum absolute atomic E-state index is 13.1. The Morgan fingerprint density at radius 3 is 2.77 bits per heavy atom. The van der Waals surface area contributed by atoms with Gasteiger partial charge in [0.15, 0.2) is 5.78 Å². The number of methoxy groups -OCH3 is 1. The van der Waals surface area contributed by atoms with Gasteiger partial charge in [0, 0.05) is 47.3 Å². The third-order valence-electron chi connectivity index (χ3n) is 4.94. The molecule has 2 heterocycles. The summed E-state index contributed by atoms with van der Waals surface area (Å²) in [7, 11) is 1.60. The summed E-state index contributed by atoms with van der Waals surface area (Å²) >= 11 is 0. The Hall–Kier alpha value is -2.79. The van der Waals surface area contributed by atoms with Gasteiger partial charge in [-0.1, -0.05) is 0 Å². The van der Waals surface area contributed by atoms with E-state index < -0.39 is 0 Å². The van der Waals surface area contributed by atoms with Crippen molar-refractivity contribution in [1.82, 2.24) is 4.57 Å². The van der Waals surface area contributed by atoms with Crippen LogP contribution in [-0.2, 0) is 11.3 Å². The largest absolute Gasteiger partial charge is 0.508 e. The number of carbonyl (C=O) groups is 1. The molecule has 1 atom stereocenters. The lowest BCUT2D eigenvalue weighted by molar-refractivity contribution is 0.104. The number of carbonyl (C=O) groups excluding carboxylic acids is 1. The lowest BCUT2D eigenvalue weighted by Gasteiger charge is -2.10. The van der Waals surface area contributed by atoms with Crippen molar-refractivity contribution in [3.63, 3.8) is 0 Å². The predicted octanol–water partition coefficient (Wildman–Crippen LogP) is 3.62. The van der Waals surface area contributed by atoms with Crippen LogP contribution in [0.25, 0.3) is 10.9 Å². The molecule has 4 rings (SSSR count). The van der Waals surface area contributed by atoms with Crippen molar-refractivity contribution < 1.29 is 19.4 Å². The zero-order valence-corrected chi connectivity index (χ0v) is 14.6. The number of ether oxygens (including phenoxy) is 2. The van der Waals surface area contributed by atoms with Crippen molar-refractivity contribution in [1.29, 1.82) is 0 Å². The highest BCUT2D eigenvalue weighted by molar-refractivity contribution is 6.16. The first kappa shape index (κ1) is 16.7. The molecule has 1 aliphatic heterocycles. The molecule has 1 aliphatic rings. The lowest BCUT2D eigenvalue weighted by Crippen LogP contribution is -2.09. The van der Waals surface area contributed by atoms with Crippen molar-refractivity contribution in [2.24, 2.45) is 5.92 Å². The third kappa shape index (κ3) is 3.06. The van der Waals surface area contributed by atoms with Crippen molar-refractivity contribution in [3.8, 4) is 11.5 Å². The van der Waals surface area contributed by atoms with Gasteiger partial charge in [0.2, 0.25) is 0 Å². The quantitative estimate of drug-likeness (QED) is 0.713. The minimum atomic E-state index is -0.0651. The second-order valence-electron chi connectivity index (χ2n) is 6.68. The second-order valence-corrected chi connectivity index (χ2v) is 6.68. The Labute approximate surface area is 151 Å². The number of rotatable bonds is 5. The van der Waals surface area contributed by atoms with Gasteiger partial charge in [-0.15, -0.1) is 0 Å². The van der Waals surface area contributed by atoms with Crippen molar-refractivity contribution in [2.75, 3.05) is 20.3 Å². The SMILES string of the molecule is COc1ccc(C(=O)c2cn(CC3CCOC3)c3ccc(O)cc23)cc1. The molecule has 3 aromatic rings. The molecule has 0 spiro atoms. The molecule has 134 valence electrons. The number of benzene rings is 2. The zero-order chi connectivity index (χ0) is 18.1. The summed E-state index contributed by atoms with van der Waals surface area (Å²) in [5.74, 6) is 1.25. The number of hydrogen-bond donors (Lipinski definition) is 1. The molecular weight excluding hydrogens is 330 g/mol. The van der Waals surface area contributed by atoms with Gasteiger partial charge < -0.3 is 19.1 Å². The highest BCUT2D eigenvalue weighted by Gasteiger charge is 2.21. The fourth-order valence-corrected chi connectivity index (χ4v) is 3.52. The molecule has 26 heavy (non-hydrogen) atoms. The van der Waals surface area contributed by atoms with E-state index in [1.54, 1.807) is 43.5 Å². The van der Waals surface area contributed by atoms with Gasteiger partial charge in [-0.2, -0.15) is 0 Å². The van der Waals surface area contributed by atoms with E-state index in [9.17, 15) is 9.90 Å². The monoisotopic (exact) mass is 351 g/mol. The number of aromatic hydroxyl groups is 1. The van der Waals surface area contributed by atoms with Crippen LogP contribution in [-0.4, -0.2) is 35.8 Å². The number of aromatic nitrogens is 1. The van der Waals surface area contributed by atoms with Gasteiger partial charge in [-0.25, -0.2) is 0 Å². The van der Waals surface area contributed by atoms with Crippen LogP contribution < -0.4 is 4.74 Å². The van der Waals surface area contributed by atoms with Gasteiger partial charge >= 0.3 is 0 Å². The lowest BCUT2D eigenvalue weighted by atomic mass is 10.0. The molecule has 0 aliphatic carbocycles. The molecule has 2 aromatic carbocycles. The average Bonchev–Trinajstić information content (AvgIpc) is 3.29. The van der Waals surface area contributed by atoms with Crippen LogP contribution in [0.15, 0.2) is 48.7 Å². The van der Waals surface area contributed by atoms with Gasteiger partial charge in [0.1, 0.15) is 11.5 Å². The van der Waals surface area contributed by atoms with Crippen LogP contribution in [0.3, 0.4) is 0 Å². The number of nitrogens with zero attached hydrogens (tertiary/aromatic N) is 1. The summed E-state index contributed by atoms with van der Waals surface area (Å²) in [5, 5.41) is 10.7. The van der Waals surface area contributed by atoms with Crippen molar-refractivity contribution in [3.05, 3.63) is 59.8 Å². The zero-order valence-electron chi connectivity index (χ0n) is 14.6. The smallest absolute Gasteiger partial charge is 0.195 e. The first-order chi connectivity index (χ1) is 12.7. The highest BCUT2D eigenvalue weighted by Crippen LogP contribution is 2.29.